The maximum absolute atomic E-state index is 9.73. The topological polar surface area (TPSA) is 65.4 Å². The van der Waals surface area contributed by atoms with Crippen molar-refractivity contribution in [3.8, 4) is 22.1 Å². The minimum atomic E-state index is 0.0593. The van der Waals surface area contributed by atoms with Crippen molar-refractivity contribution in [3.63, 3.8) is 0 Å². The number of anilines is 1. The molecule has 0 unspecified atom stereocenters. The number of hydrogen-bond donors (Lipinski definition) is 3. The summed E-state index contributed by atoms with van der Waals surface area (Å²) >= 11 is 1.61. The Balaban J connectivity index is 1.68. The molecule has 0 aliphatic rings. The molecular weight excluding hydrogens is 284 g/mol. The Morgan fingerprint density at radius 2 is 1.86 bits per heavy atom. The van der Waals surface area contributed by atoms with E-state index in [-0.39, 0.29) is 11.5 Å². The minimum Gasteiger partial charge on any atom is -0.508 e. The van der Waals surface area contributed by atoms with Crippen molar-refractivity contribution in [1.29, 1.82) is 0 Å². The summed E-state index contributed by atoms with van der Waals surface area (Å²) in [5, 5.41) is 25.2. The number of benzene rings is 2. The number of thiazole rings is 1. The Labute approximate surface area is 126 Å². The second-order valence-electron chi connectivity index (χ2n) is 4.58. The summed E-state index contributed by atoms with van der Waals surface area (Å²) in [7, 11) is 0. The number of nitrogens with one attached hydrogen (secondary N) is 1. The number of phenolic OH excluding ortho intramolecular Hbond substituents is 2. The van der Waals surface area contributed by atoms with Crippen molar-refractivity contribution in [3.05, 3.63) is 59.6 Å². The normalized spacial score (nSPS) is 10.5. The second kappa shape index (κ2) is 5.85. The maximum atomic E-state index is 9.73. The molecule has 0 amide bonds. The van der Waals surface area contributed by atoms with Crippen LogP contribution in [0.4, 0.5) is 5.69 Å². The lowest BCUT2D eigenvalue weighted by molar-refractivity contribution is 0.446. The Morgan fingerprint density at radius 1 is 1.05 bits per heavy atom. The zero-order valence-corrected chi connectivity index (χ0v) is 12.0. The summed E-state index contributed by atoms with van der Waals surface area (Å²) < 4.78 is 0. The van der Waals surface area contributed by atoms with E-state index in [1.807, 2.05) is 29.6 Å². The third kappa shape index (κ3) is 3.14. The van der Waals surface area contributed by atoms with Crippen LogP contribution in [0, 0.1) is 0 Å². The number of hydrogen-bond acceptors (Lipinski definition) is 5. The summed E-state index contributed by atoms with van der Waals surface area (Å²) in [5.74, 6) is 0.144. The SMILES string of the molecule is Oc1ccc(CNc2ccc(-c3nccs3)cc2)c(O)c1. The molecule has 0 aliphatic carbocycles. The van der Waals surface area contributed by atoms with Gasteiger partial charge in [0.15, 0.2) is 0 Å². The molecule has 5 heteroatoms. The van der Waals surface area contributed by atoms with Gasteiger partial charge in [0.2, 0.25) is 0 Å². The zero-order valence-electron chi connectivity index (χ0n) is 11.2. The summed E-state index contributed by atoms with van der Waals surface area (Å²) in [6.07, 6.45) is 1.79. The molecule has 0 aliphatic heterocycles. The molecule has 1 aromatic heterocycles. The van der Waals surface area contributed by atoms with Gasteiger partial charge in [-0.15, -0.1) is 11.3 Å². The van der Waals surface area contributed by atoms with Crippen LogP contribution in [0.1, 0.15) is 5.56 Å². The lowest BCUT2D eigenvalue weighted by Crippen LogP contribution is -1.99. The third-order valence-electron chi connectivity index (χ3n) is 3.12. The van der Waals surface area contributed by atoms with Crippen molar-refractivity contribution >= 4 is 17.0 Å². The summed E-state index contributed by atoms with van der Waals surface area (Å²) in [5.41, 5.74) is 2.78. The number of nitrogens with zero attached hydrogens (tertiary/aromatic N) is 1. The molecule has 0 fully saturated rings. The molecule has 0 atom stereocenters. The standard InChI is InChI=1S/C16H14N2O2S/c19-14-6-3-12(15(20)9-14)10-18-13-4-1-11(2-5-13)16-17-7-8-21-16/h1-9,18-20H,10H2. The molecule has 21 heavy (non-hydrogen) atoms. The predicted octanol–water partition coefficient (Wildman–Crippen LogP) is 3.83. The van der Waals surface area contributed by atoms with Crippen LogP contribution in [0.5, 0.6) is 11.5 Å². The molecule has 4 nitrogen and oxygen atoms in total. The highest BCUT2D eigenvalue weighted by molar-refractivity contribution is 7.13. The Bertz CT molecular complexity index is 725. The number of rotatable bonds is 4. The van der Waals surface area contributed by atoms with E-state index in [0.29, 0.717) is 6.54 Å². The van der Waals surface area contributed by atoms with Crippen molar-refractivity contribution in [2.75, 3.05) is 5.32 Å². The molecule has 3 N–H and O–H groups in total. The molecule has 0 spiro atoms. The van der Waals surface area contributed by atoms with Crippen LogP contribution in [-0.2, 0) is 6.54 Å². The van der Waals surface area contributed by atoms with E-state index in [9.17, 15) is 10.2 Å². The van der Waals surface area contributed by atoms with Gasteiger partial charge in [-0.25, -0.2) is 4.98 Å². The molecule has 0 radical (unpaired) electrons. The van der Waals surface area contributed by atoms with Crippen LogP contribution in [0.15, 0.2) is 54.0 Å². The smallest absolute Gasteiger partial charge is 0.124 e. The highest BCUT2D eigenvalue weighted by Gasteiger charge is 2.03. The fourth-order valence-corrected chi connectivity index (χ4v) is 2.64. The van der Waals surface area contributed by atoms with Gasteiger partial charge in [-0.1, -0.05) is 0 Å². The van der Waals surface area contributed by atoms with Crippen LogP contribution >= 0.6 is 11.3 Å². The quantitative estimate of drug-likeness (QED) is 0.685. The first kappa shape index (κ1) is 13.5. The van der Waals surface area contributed by atoms with E-state index in [4.69, 9.17) is 0 Å². The first-order valence-electron chi connectivity index (χ1n) is 6.47. The monoisotopic (exact) mass is 298 g/mol. The Morgan fingerprint density at radius 3 is 2.52 bits per heavy atom. The van der Waals surface area contributed by atoms with Crippen LogP contribution in [0.3, 0.4) is 0 Å². The van der Waals surface area contributed by atoms with Crippen LogP contribution < -0.4 is 5.32 Å². The van der Waals surface area contributed by atoms with Gasteiger partial charge in [-0.3, -0.25) is 0 Å². The summed E-state index contributed by atoms with van der Waals surface area (Å²) in [4.78, 5) is 4.27. The highest BCUT2D eigenvalue weighted by atomic mass is 32.1. The number of phenols is 2. The van der Waals surface area contributed by atoms with E-state index >= 15 is 0 Å². The van der Waals surface area contributed by atoms with Crippen LogP contribution in [-0.4, -0.2) is 15.2 Å². The average molecular weight is 298 g/mol. The van der Waals surface area contributed by atoms with E-state index in [1.54, 1.807) is 29.7 Å². The molecule has 0 bridgehead atoms. The van der Waals surface area contributed by atoms with Gasteiger partial charge in [0.05, 0.1) is 0 Å². The molecular formula is C16H14N2O2S. The van der Waals surface area contributed by atoms with E-state index in [1.165, 1.54) is 6.07 Å². The molecule has 0 saturated heterocycles. The molecule has 0 saturated carbocycles. The summed E-state index contributed by atoms with van der Waals surface area (Å²) in [6.45, 7) is 0.489. The lowest BCUT2D eigenvalue weighted by Gasteiger charge is -2.09. The highest BCUT2D eigenvalue weighted by Crippen LogP contribution is 2.25. The van der Waals surface area contributed by atoms with Gasteiger partial charge >= 0.3 is 0 Å². The van der Waals surface area contributed by atoms with Crippen molar-refractivity contribution in [1.82, 2.24) is 4.98 Å². The third-order valence-corrected chi connectivity index (χ3v) is 3.94. The maximum Gasteiger partial charge on any atom is 0.124 e. The second-order valence-corrected chi connectivity index (χ2v) is 5.48. The molecule has 1 heterocycles. The Hall–Kier alpha value is -2.53. The fraction of sp³-hybridized carbons (Fsp3) is 0.0625. The minimum absolute atomic E-state index is 0.0593. The summed E-state index contributed by atoms with van der Waals surface area (Å²) in [6, 6.07) is 12.6. The molecule has 106 valence electrons. The predicted molar refractivity (Wildman–Crippen MR) is 84.6 cm³/mol. The molecule has 3 aromatic rings. The van der Waals surface area contributed by atoms with Crippen LogP contribution in [0.2, 0.25) is 0 Å². The first-order valence-corrected chi connectivity index (χ1v) is 7.35. The first-order chi connectivity index (χ1) is 10.2. The average Bonchev–Trinajstić information content (AvgIpc) is 3.01. The lowest BCUT2D eigenvalue weighted by atomic mass is 10.1. The van der Waals surface area contributed by atoms with E-state index < -0.39 is 0 Å². The Kier molecular flexibility index (Phi) is 3.75. The van der Waals surface area contributed by atoms with Crippen molar-refractivity contribution in [2.45, 2.75) is 6.54 Å². The van der Waals surface area contributed by atoms with Crippen molar-refractivity contribution in [2.24, 2.45) is 0 Å². The number of aromatic nitrogens is 1. The van der Waals surface area contributed by atoms with Gasteiger partial charge in [0, 0.05) is 41.0 Å². The molecule has 3 rings (SSSR count). The van der Waals surface area contributed by atoms with Gasteiger partial charge < -0.3 is 15.5 Å². The van der Waals surface area contributed by atoms with E-state index in [2.05, 4.69) is 10.3 Å². The molecule has 2 aromatic carbocycles. The fourth-order valence-electron chi connectivity index (χ4n) is 2.00. The van der Waals surface area contributed by atoms with Gasteiger partial charge in [-0.05, 0) is 36.4 Å². The van der Waals surface area contributed by atoms with Gasteiger partial charge in [0.1, 0.15) is 16.5 Å². The van der Waals surface area contributed by atoms with Gasteiger partial charge in [0.25, 0.3) is 0 Å². The largest absolute Gasteiger partial charge is 0.508 e. The van der Waals surface area contributed by atoms with Crippen LogP contribution in [0.25, 0.3) is 10.6 Å². The van der Waals surface area contributed by atoms with Gasteiger partial charge in [-0.2, -0.15) is 0 Å². The van der Waals surface area contributed by atoms with Crippen molar-refractivity contribution < 1.29 is 10.2 Å². The zero-order chi connectivity index (χ0) is 14.7. The van der Waals surface area contributed by atoms with E-state index in [0.717, 1.165) is 21.8 Å². The number of aromatic hydroxyl groups is 2.